The second-order valence-electron chi connectivity index (χ2n) is 7.20. The monoisotopic (exact) mass is 369 g/mol. The Morgan fingerprint density at radius 2 is 1.93 bits per heavy atom. The van der Waals surface area contributed by atoms with Crippen LogP contribution in [0.25, 0.3) is 0 Å². The molecule has 2 aromatic rings. The van der Waals surface area contributed by atoms with Crippen LogP contribution in [0.4, 0.5) is 0 Å². The SMILES string of the molecule is Cn1cccc(C(=O)N2CCn3c(nc(CN4CCCC4)cc3=O)C2)c1=O. The number of aromatic nitrogens is 3. The molecule has 8 nitrogen and oxygen atoms in total. The van der Waals surface area contributed by atoms with E-state index in [2.05, 4.69) is 9.88 Å². The first-order valence-corrected chi connectivity index (χ1v) is 9.30. The van der Waals surface area contributed by atoms with Crippen LogP contribution >= 0.6 is 0 Å². The zero-order chi connectivity index (χ0) is 19.0. The molecule has 4 rings (SSSR count). The molecular weight excluding hydrogens is 346 g/mol. The van der Waals surface area contributed by atoms with Crippen LogP contribution in [-0.2, 0) is 26.7 Å². The molecule has 1 saturated heterocycles. The normalized spacial score (nSPS) is 17.1. The highest BCUT2D eigenvalue weighted by Crippen LogP contribution is 2.14. The molecule has 2 aromatic heterocycles. The largest absolute Gasteiger partial charge is 0.329 e. The van der Waals surface area contributed by atoms with Crippen molar-refractivity contribution in [3.63, 3.8) is 0 Å². The molecule has 2 aliphatic rings. The van der Waals surface area contributed by atoms with E-state index in [1.165, 1.54) is 17.4 Å². The first-order chi connectivity index (χ1) is 13.0. The molecule has 0 saturated carbocycles. The van der Waals surface area contributed by atoms with Crippen molar-refractivity contribution in [2.45, 2.75) is 32.5 Å². The first-order valence-electron chi connectivity index (χ1n) is 9.30. The fraction of sp³-hybridized carbons (Fsp3) is 0.474. The molecule has 8 heteroatoms. The number of pyridine rings is 1. The number of likely N-dealkylation sites (tertiary alicyclic amines) is 1. The van der Waals surface area contributed by atoms with Crippen molar-refractivity contribution in [1.29, 1.82) is 0 Å². The van der Waals surface area contributed by atoms with Gasteiger partial charge >= 0.3 is 0 Å². The van der Waals surface area contributed by atoms with Gasteiger partial charge in [-0.3, -0.25) is 23.9 Å². The zero-order valence-electron chi connectivity index (χ0n) is 15.4. The molecule has 1 fully saturated rings. The lowest BCUT2D eigenvalue weighted by Gasteiger charge is -2.29. The fourth-order valence-corrected chi connectivity index (χ4v) is 3.79. The van der Waals surface area contributed by atoms with Crippen LogP contribution in [-0.4, -0.2) is 49.5 Å². The van der Waals surface area contributed by atoms with E-state index in [1.807, 2.05) is 0 Å². The summed E-state index contributed by atoms with van der Waals surface area (Å²) >= 11 is 0. The zero-order valence-corrected chi connectivity index (χ0v) is 15.4. The highest BCUT2D eigenvalue weighted by molar-refractivity contribution is 5.93. The molecule has 0 aromatic carbocycles. The maximum absolute atomic E-state index is 12.8. The molecule has 0 unspecified atom stereocenters. The lowest BCUT2D eigenvalue weighted by molar-refractivity contribution is 0.0700. The Hall–Kier alpha value is -2.74. The minimum atomic E-state index is -0.318. The third kappa shape index (κ3) is 3.44. The number of hydrogen-bond donors (Lipinski definition) is 0. The number of amides is 1. The summed E-state index contributed by atoms with van der Waals surface area (Å²) in [5, 5.41) is 0. The number of hydrogen-bond acceptors (Lipinski definition) is 5. The van der Waals surface area contributed by atoms with Crippen molar-refractivity contribution in [3.8, 4) is 0 Å². The van der Waals surface area contributed by atoms with Gasteiger partial charge in [0.1, 0.15) is 11.4 Å². The van der Waals surface area contributed by atoms with Gasteiger partial charge in [-0.1, -0.05) is 0 Å². The predicted molar refractivity (Wildman–Crippen MR) is 99.4 cm³/mol. The molecule has 2 aliphatic heterocycles. The number of carbonyl (C=O) groups is 1. The molecule has 1 amide bonds. The minimum absolute atomic E-state index is 0.0723. The van der Waals surface area contributed by atoms with Crippen molar-refractivity contribution >= 4 is 5.91 Å². The van der Waals surface area contributed by atoms with Crippen LogP contribution in [0.15, 0.2) is 34.0 Å². The first kappa shape index (κ1) is 17.7. The van der Waals surface area contributed by atoms with E-state index in [0.29, 0.717) is 25.5 Å². The van der Waals surface area contributed by atoms with Crippen LogP contribution in [0.5, 0.6) is 0 Å². The van der Waals surface area contributed by atoms with Crippen LogP contribution in [0.2, 0.25) is 0 Å². The summed E-state index contributed by atoms with van der Waals surface area (Å²) < 4.78 is 3.02. The van der Waals surface area contributed by atoms with E-state index < -0.39 is 0 Å². The summed E-state index contributed by atoms with van der Waals surface area (Å²) in [7, 11) is 1.62. The van der Waals surface area contributed by atoms with E-state index in [4.69, 9.17) is 0 Å². The van der Waals surface area contributed by atoms with E-state index in [0.717, 1.165) is 18.8 Å². The molecule has 4 heterocycles. The van der Waals surface area contributed by atoms with Gasteiger partial charge in [-0.15, -0.1) is 0 Å². The summed E-state index contributed by atoms with van der Waals surface area (Å²) in [5.41, 5.74) is 0.500. The average molecular weight is 369 g/mol. The van der Waals surface area contributed by atoms with Crippen molar-refractivity contribution in [2.24, 2.45) is 7.05 Å². The van der Waals surface area contributed by atoms with Crippen LogP contribution in [0.3, 0.4) is 0 Å². The van der Waals surface area contributed by atoms with Crippen molar-refractivity contribution in [3.05, 3.63) is 62.2 Å². The van der Waals surface area contributed by atoms with Gasteiger partial charge in [0.25, 0.3) is 17.0 Å². The molecular formula is C19H23N5O3. The molecule has 0 radical (unpaired) electrons. The lowest BCUT2D eigenvalue weighted by Crippen LogP contribution is -2.44. The second kappa shape index (κ2) is 7.11. The van der Waals surface area contributed by atoms with E-state index in [1.54, 1.807) is 40.9 Å². The fourth-order valence-electron chi connectivity index (χ4n) is 3.79. The van der Waals surface area contributed by atoms with Gasteiger partial charge in [0.05, 0.1) is 12.2 Å². The molecule has 27 heavy (non-hydrogen) atoms. The summed E-state index contributed by atoms with van der Waals surface area (Å²) in [6, 6.07) is 4.83. The van der Waals surface area contributed by atoms with Gasteiger partial charge in [-0.2, -0.15) is 0 Å². The van der Waals surface area contributed by atoms with Crippen LogP contribution in [0.1, 0.15) is 34.7 Å². The summed E-state index contributed by atoms with van der Waals surface area (Å²) in [4.78, 5) is 46.0. The van der Waals surface area contributed by atoms with Gasteiger partial charge in [-0.05, 0) is 38.1 Å². The summed E-state index contributed by atoms with van der Waals surface area (Å²) in [5.74, 6) is 0.269. The predicted octanol–water partition coefficient (Wildman–Crippen LogP) is 0.194. The number of carbonyl (C=O) groups excluding carboxylic acids is 1. The van der Waals surface area contributed by atoms with Crippen molar-refractivity contribution < 1.29 is 4.79 Å². The summed E-state index contributed by atoms with van der Waals surface area (Å²) in [6.07, 6.45) is 3.98. The van der Waals surface area contributed by atoms with Crippen molar-refractivity contribution in [1.82, 2.24) is 23.9 Å². The molecule has 142 valence electrons. The van der Waals surface area contributed by atoms with Crippen LogP contribution in [0, 0.1) is 0 Å². The Bertz CT molecular complexity index is 988. The van der Waals surface area contributed by atoms with Gasteiger partial charge in [0.2, 0.25) is 0 Å². The maximum Gasteiger partial charge on any atom is 0.263 e. The molecule has 0 aliphatic carbocycles. The quantitative estimate of drug-likeness (QED) is 0.772. The Morgan fingerprint density at radius 1 is 1.15 bits per heavy atom. The highest BCUT2D eigenvalue weighted by Gasteiger charge is 2.26. The van der Waals surface area contributed by atoms with E-state index >= 15 is 0 Å². The second-order valence-corrected chi connectivity index (χ2v) is 7.20. The third-order valence-corrected chi connectivity index (χ3v) is 5.29. The Labute approximate surface area is 156 Å². The Kier molecular flexibility index (Phi) is 4.65. The number of aryl methyl sites for hydroxylation is 1. The van der Waals surface area contributed by atoms with E-state index in [9.17, 15) is 14.4 Å². The minimum Gasteiger partial charge on any atom is -0.329 e. The number of nitrogens with zero attached hydrogens (tertiary/aromatic N) is 5. The molecule has 0 atom stereocenters. The highest BCUT2D eigenvalue weighted by atomic mass is 16.2. The molecule has 0 N–H and O–H groups in total. The lowest BCUT2D eigenvalue weighted by atomic mass is 10.2. The third-order valence-electron chi connectivity index (χ3n) is 5.29. The number of rotatable bonds is 3. The summed E-state index contributed by atoms with van der Waals surface area (Å²) in [6.45, 7) is 3.74. The maximum atomic E-state index is 12.8. The Morgan fingerprint density at radius 3 is 2.70 bits per heavy atom. The molecule has 0 spiro atoms. The molecule has 0 bridgehead atoms. The Balaban J connectivity index is 1.59. The van der Waals surface area contributed by atoms with Gasteiger partial charge < -0.3 is 9.47 Å². The standard InChI is InChI=1S/C19H23N5O3/c1-21-6-4-5-15(18(21)26)19(27)23-9-10-24-16(13-23)20-14(11-17(24)25)12-22-7-2-3-8-22/h4-6,11H,2-3,7-10,12-13H2,1H3. The smallest absolute Gasteiger partial charge is 0.263 e. The topological polar surface area (TPSA) is 80.4 Å². The average Bonchev–Trinajstić information content (AvgIpc) is 3.16. The van der Waals surface area contributed by atoms with Gasteiger partial charge in [0, 0.05) is 38.9 Å². The van der Waals surface area contributed by atoms with Gasteiger partial charge in [-0.25, -0.2) is 4.98 Å². The van der Waals surface area contributed by atoms with Crippen molar-refractivity contribution in [2.75, 3.05) is 19.6 Å². The number of fused-ring (bicyclic) bond motifs is 1. The van der Waals surface area contributed by atoms with Crippen LogP contribution < -0.4 is 11.1 Å². The van der Waals surface area contributed by atoms with E-state index in [-0.39, 0.29) is 29.1 Å². The van der Waals surface area contributed by atoms with Gasteiger partial charge in [0.15, 0.2) is 0 Å².